The van der Waals surface area contributed by atoms with Crippen molar-refractivity contribution in [2.75, 3.05) is 4.90 Å². The summed E-state index contributed by atoms with van der Waals surface area (Å²) >= 11 is 2.25. The number of anilines is 1. The van der Waals surface area contributed by atoms with Gasteiger partial charge in [-0.3, -0.25) is 14.9 Å². The average molecular weight is 552 g/mol. The van der Waals surface area contributed by atoms with E-state index in [2.05, 4.69) is 27.9 Å². The Labute approximate surface area is 205 Å². The van der Waals surface area contributed by atoms with Crippen molar-refractivity contribution < 1.29 is 19.1 Å². The summed E-state index contributed by atoms with van der Waals surface area (Å²) in [4.78, 5) is 38.9. The zero-order valence-electron chi connectivity index (χ0n) is 18.1. The van der Waals surface area contributed by atoms with Gasteiger partial charge in [0.2, 0.25) is 0 Å². The number of aryl methyl sites for hydroxylation is 2. The summed E-state index contributed by atoms with van der Waals surface area (Å²) in [6.07, 6.45) is 1.47. The highest BCUT2D eigenvalue weighted by molar-refractivity contribution is 14.1. The van der Waals surface area contributed by atoms with Crippen molar-refractivity contribution in [2.45, 2.75) is 20.5 Å². The predicted octanol–water partition coefficient (Wildman–Crippen LogP) is 5.15. The molecule has 0 atom stereocenters. The molecule has 0 aromatic heterocycles. The fraction of sp³-hybridized carbons (Fsp3) is 0.115. The van der Waals surface area contributed by atoms with Crippen molar-refractivity contribution >= 4 is 52.2 Å². The molecule has 1 fully saturated rings. The van der Waals surface area contributed by atoms with Crippen LogP contribution in [0, 0.1) is 17.4 Å². The van der Waals surface area contributed by atoms with Crippen LogP contribution < -0.4 is 15.0 Å². The first-order valence-corrected chi connectivity index (χ1v) is 11.3. The van der Waals surface area contributed by atoms with Gasteiger partial charge in [-0.25, -0.2) is 9.69 Å². The molecule has 6 nitrogen and oxygen atoms in total. The number of ether oxygens (including phenoxy) is 1. The zero-order chi connectivity index (χ0) is 23.5. The average Bonchev–Trinajstić information content (AvgIpc) is 2.76. The number of imide groups is 2. The third kappa shape index (κ3) is 5.31. The Morgan fingerprint density at radius 1 is 0.909 bits per heavy atom. The number of benzene rings is 3. The van der Waals surface area contributed by atoms with Crippen molar-refractivity contribution in [3.63, 3.8) is 0 Å². The second-order valence-corrected chi connectivity index (χ2v) is 9.03. The van der Waals surface area contributed by atoms with Gasteiger partial charge < -0.3 is 4.74 Å². The van der Waals surface area contributed by atoms with Crippen LogP contribution in [0.2, 0.25) is 0 Å². The minimum absolute atomic E-state index is 0.110. The second kappa shape index (κ2) is 9.58. The van der Waals surface area contributed by atoms with E-state index in [0.29, 0.717) is 23.6 Å². The van der Waals surface area contributed by atoms with Crippen LogP contribution in [0.1, 0.15) is 22.3 Å². The van der Waals surface area contributed by atoms with Gasteiger partial charge in [0, 0.05) is 3.57 Å². The third-order valence-corrected chi connectivity index (χ3v) is 5.80. The highest BCUT2D eigenvalue weighted by Crippen LogP contribution is 2.25. The number of halogens is 1. The van der Waals surface area contributed by atoms with Gasteiger partial charge in [-0.2, -0.15) is 0 Å². The minimum Gasteiger partial charge on any atom is -0.489 e. The number of amides is 4. The minimum atomic E-state index is -0.758. The Morgan fingerprint density at radius 2 is 1.55 bits per heavy atom. The van der Waals surface area contributed by atoms with Crippen LogP contribution in [0.25, 0.3) is 6.08 Å². The first kappa shape index (κ1) is 22.7. The number of nitrogens with one attached hydrogen (secondary N) is 1. The molecule has 1 N–H and O–H groups in total. The van der Waals surface area contributed by atoms with Gasteiger partial charge >= 0.3 is 6.03 Å². The van der Waals surface area contributed by atoms with Gasteiger partial charge in [0.15, 0.2) is 0 Å². The quantitative estimate of drug-likeness (QED) is 0.270. The van der Waals surface area contributed by atoms with E-state index in [0.717, 1.165) is 25.2 Å². The summed E-state index contributed by atoms with van der Waals surface area (Å²) in [6.45, 7) is 4.20. The van der Waals surface area contributed by atoms with Crippen LogP contribution in [0.4, 0.5) is 10.5 Å². The van der Waals surface area contributed by atoms with Crippen molar-refractivity contribution in [1.29, 1.82) is 0 Å². The van der Waals surface area contributed by atoms with E-state index in [1.54, 1.807) is 36.4 Å². The maximum absolute atomic E-state index is 13.1. The molecule has 166 valence electrons. The van der Waals surface area contributed by atoms with E-state index < -0.39 is 17.8 Å². The van der Waals surface area contributed by atoms with Crippen LogP contribution in [0.5, 0.6) is 5.75 Å². The fourth-order valence-corrected chi connectivity index (χ4v) is 3.91. The lowest BCUT2D eigenvalue weighted by molar-refractivity contribution is -0.122. The molecule has 0 radical (unpaired) electrons. The van der Waals surface area contributed by atoms with E-state index in [1.165, 1.54) is 6.08 Å². The topological polar surface area (TPSA) is 75.7 Å². The summed E-state index contributed by atoms with van der Waals surface area (Å²) in [6, 6.07) is 19.8. The number of hydrogen-bond donors (Lipinski definition) is 1. The van der Waals surface area contributed by atoms with E-state index >= 15 is 0 Å². The van der Waals surface area contributed by atoms with Gasteiger partial charge in [0.1, 0.15) is 17.9 Å². The summed E-state index contributed by atoms with van der Waals surface area (Å²) in [5.74, 6) is -0.709. The highest BCUT2D eigenvalue weighted by Gasteiger charge is 2.36. The first-order valence-electron chi connectivity index (χ1n) is 10.3. The molecule has 33 heavy (non-hydrogen) atoms. The largest absolute Gasteiger partial charge is 0.489 e. The first-order chi connectivity index (χ1) is 15.8. The van der Waals surface area contributed by atoms with E-state index in [-0.39, 0.29) is 5.57 Å². The molecule has 4 amide bonds. The molecule has 7 heteroatoms. The standard InChI is InChI=1S/C26H21IN2O4/c1-16-11-17(2)13-21(12-16)29-25(31)23(24(30)28-26(29)32)14-18-5-9-22(10-6-18)33-15-19-3-7-20(27)8-4-19/h3-14H,15H2,1-2H3,(H,28,30,32)/b23-14+. The molecule has 3 aromatic carbocycles. The molecule has 0 unspecified atom stereocenters. The Morgan fingerprint density at radius 3 is 2.18 bits per heavy atom. The summed E-state index contributed by atoms with van der Waals surface area (Å²) in [7, 11) is 0. The van der Waals surface area contributed by atoms with Gasteiger partial charge in [0.25, 0.3) is 11.8 Å². The van der Waals surface area contributed by atoms with Crippen molar-refractivity contribution in [2.24, 2.45) is 0 Å². The van der Waals surface area contributed by atoms with Gasteiger partial charge in [-0.1, -0.05) is 30.3 Å². The summed E-state index contributed by atoms with van der Waals surface area (Å²) in [5.41, 5.74) is 3.84. The van der Waals surface area contributed by atoms with Gasteiger partial charge in [-0.05, 0) is 101 Å². The number of carbonyl (C=O) groups excluding carboxylic acids is 3. The molecular formula is C26H21IN2O4. The lowest BCUT2D eigenvalue weighted by Gasteiger charge is -2.27. The number of rotatable bonds is 5. The van der Waals surface area contributed by atoms with Crippen LogP contribution in [0.15, 0.2) is 72.3 Å². The highest BCUT2D eigenvalue weighted by atomic mass is 127. The van der Waals surface area contributed by atoms with E-state index in [9.17, 15) is 14.4 Å². The molecule has 4 rings (SSSR count). The molecule has 1 saturated heterocycles. The molecule has 0 saturated carbocycles. The lowest BCUT2D eigenvalue weighted by Crippen LogP contribution is -2.54. The predicted molar refractivity (Wildman–Crippen MR) is 135 cm³/mol. The van der Waals surface area contributed by atoms with E-state index in [1.807, 2.05) is 44.2 Å². The maximum Gasteiger partial charge on any atom is 0.335 e. The van der Waals surface area contributed by atoms with E-state index in [4.69, 9.17) is 4.74 Å². The van der Waals surface area contributed by atoms with Crippen LogP contribution in [-0.4, -0.2) is 17.8 Å². The number of hydrogen-bond acceptors (Lipinski definition) is 4. The third-order valence-electron chi connectivity index (χ3n) is 5.08. The Bertz CT molecular complexity index is 1240. The number of barbiturate groups is 1. The zero-order valence-corrected chi connectivity index (χ0v) is 20.3. The number of urea groups is 1. The number of carbonyl (C=O) groups is 3. The SMILES string of the molecule is Cc1cc(C)cc(N2C(=O)NC(=O)/C(=C\c3ccc(OCc4ccc(I)cc4)cc3)C2=O)c1. The Hall–Kier alpha value is -3.46. The molecule has 0 aliphatic carbocycles. The van der Waals surface area contributed by atoms with Crippen LogP contribution >= 0.6 is 22.6 Å². The number of nitrogens with zero attached hydrogens (tertiary/aromatic N) is 1. The van der Waals surface area contributed by atoms with Crippen LogP contribution in [-0.2, 0) is 16.2 Å². The monoisotopic (exact) mass is 552 g/mol. The fourth-order valence-electron chi connectivity index (χ4n) is 3.55. The maximum atomic E-state index is 13.1. The Balaban J connectivity index is 1.53. The van der Waals surface area contributed by atoms with Crippen LogP contribution in [0.3, 0.4) is 0 Å². The second-order valence-electron chi connectivity index (χ2n) is 7.79. The Kier molecular flexibility index (Phi) is 6.60. The lowest BCUT2D eigenvalue weighted by atomic mass is 10.1. The molecular weight excluding hydrogens is 531 g/mol. The molecule has 1 heterocycles. The molecule has 0 bridgehead atoms. The van der Waals surface area contributed by atoms with Crippen molar-refractivity contribution in [3.05, 3.63) is 98.1 Å². The summed E-state index contributed by atoms with van der Waals surface area (Å²) < 4.78 is 6.97. The van der Waals surface area contributed by atoms with Gasteiger partial charge in [0.05, 0.1) is 5.69 Å². The normalized spacial score (nSPS) is 15.1. The molecule has 0 spiro atoms. The molecule has 1 aliphatic rings. The van der Waals surface area contributed by atoms with Crippen molar-refractivity contribution in [1.82, 2.24) is 5.32 Å². The van der Waals surface area contributed by atoms with Crippen molar-refractivity contribution in [3.8, 4) is 5.75 Å². The molecule has 1 aliphatic heterocycles. The molecule has 3 aromatic rings. The van der Waals surface area contributed by atoms with Gasteiger partial charge in [-0.15, -0.1) is 0 Å². The smallest absolute Gasteiger partial charge is 0.335 e. The summed E-state index contributed by atoms with van der Waals surface area (Å²) in [5, 5.41) is 2.26.